The van der Waals surface area contributed by atoms with Crippen LogP contribution in [0.2, 0.25) is 0 Å². The van der Waals surface area contributed by atoms with Gasteiger partial charge in [0.2, 0.25) is 0 Å². The lowest BCUT2D eigenvalue weighted by atomic mass is 10.1. The molecule has 3 N–H and O–H groups in total. The molecule has 0 fully saturated rings. The number of hydrogen-bond acceptors (Lipinski definition) is 2. The standard InChI is InChI=1S/C13H19BrN2/c1-2-3-4-8-16-13(10-15)11-6-5-7-12(14)9-11/h2-3,5-7,9,13,16H,4,8,10,15H2,1H3/b3-2+. The average molecular weight is 283 g/mol. The van der Waals surface area contributed by atoms with Crippen molar-refractivity contribution in [2.75, 3.05) is 13.1 Å². The predicted molar refractivity (Wildman–Crippen MR) is 73.4 cm³/mol. The predicted octanol–water partition coefficient (Wildman–Crippen LogP) is 3.00. The maximum atomic E-state index is 5.77. The summed E-state index contributed by atoms with van der Waals surface area (Å²) in [5, 5.41) is 3.45. The maximum absolute atomic E-state index is 5.77. The molecule has 0 saturated heterocycles. The number of rotatable bonds is 6. The van der Waals surface area contributed by atoms with E-state index in [0.29, 0.717) is 6.54 Å². The molecule has 1 atom stereocenters. The molecule has 0 aliphatic carbocycles. The van der Waals surface area contributed by atoms with Gasteiger partial charge in [-0.15, -0.1) is 0 Å². The molecule has 0 spiro atoms. The van der Waals surface area contributed by atoms with Crippen molar-refractivity contribution in [2.24, 2.45) is 5.73 Å². The Morgan fingerprint density at radius 1 is 1.50 bits per heavy atom. The molecular formula is C13H19BrN2. The van der Waals surface area contributed by atoms with Crippen LogP contribution in [-0.4, -0.2) is 13.1 Å². The molecule has 0 bridgehead atoms. The van der Waals surface area contributed by atoms with Gasteiger partial charge in [-0.05, 0) is 37.6 Å². The highest BCUT2D eigenvalue weighted by Gasteiger charge is 2.07. The summed E-state index contributed by atoms with van der Waals surface area (Å²) in [6.45, 7) is 3.61. The summed E-state index contributed by atoms with van der Waals surface area (Å²) >= 11 is 3.47. The van der Waals surface area contributed by atoms with Gasteiger partial charge < -0.3 is 11.1 Å². The second-order valence-corrected chi connectivity index (χ2v) is 4.57. The summed E-state index contributed by atoms with van der Waals surface area (Å²) in [6.07, 6.45) is 5.26. The van der Waals surface area contributed by atoms with Crippen LogP contribution < -0.4 is 11.1 Å². The number of benzene rings is 1. The quantitative estimate of drug-likeness (QED) is 0.622. The van der Waals surface area contributed by atoms with Crippen molar-refractivity contribution >= 4 is 15.9 Å². The van der Waals surface area contributed by atoms with Crippen LogP contribution in [0.5, 0.6) is 0 Å². The maximum Gasteiger partial charge on any atom is 0.0445 e. The summed E-state index contributed by atoms with van der Waals surface area (Å²) < 4.78 is 1.10. The minimum Gasteiger partial charge on any atom is -0.329 e. The fraction of sp³-hybridized carbons (Fsp3) is 0.385. The minimum absolute atomic E-state index is 0.239. The third kappa shape index (κ3) is 4.47. The van der Waals surface area contributed by atoms with Crippen LogP contribution in [0.15, 0.2) is 40.9 Å². The molecule has 3 heteroatoms. The van der Waals surface area contributed by atoms with E-state index in [1.54, 1.807) is 0 Å². The zero-order valence-corrected chi connectivity index (χ0v) is 11.2. The van der Waals surface area contributed by atoms with E-state index in [4.69, 9.17) is 5.73 Å². The third-order valence-electron chi connectivity index (χ3n) is 2.42. The number of halogens is 1. The number of hydrogen-bond donors (Lipinski definition) is 2. The van der Waals surface area contributed by atoms with Gasteiger partial charge in [0.05, 0.1) is 0 Å². The Balaban J connectivity index is 2.53. The van der Waals surface area contributed by atoms with Gasteiger partial charge in [0.25, 0.3) is 0 Å². The van der Waals surface area contributed by atoms with Gasteiger partial charge in [-0.25, -0.2) is 0 Å². The van der Waals surface area contributed by atoms with Gasteiger partial charge in [0, 0.05) is 17.1 Å². The lowest BCUT2D eigenvalue weighted by Gasteiger charge is -2.17. The van der Waals surface area contributed by atoms with Crippen molar-refractivity contribution in [2.45, 2.75) is 19.4 Å². The largest absolute Gasteiger partial charge is 0.329 e. The van der Waals surface area contributed by atoms with Gasteiger partial charge in [0.15, 0.2) is 0 Å². The third-order valence-corrected chi connectivity index (χ3v) is 2.92. The van der Waals surface area contributed by atoms with Crippen LogP contribution in [0.4, 0.5) is 0 Å². The molecule has 0 aromatic heterocycles. The van der Waals surface area contributed by atoms with Crippen LogP contribution in [0.25, 0.3) is 0 Å². The second kappa shape index (κ2) is 7.60. The number of nitrogens with one attached hydrogen (secondary N) is 1. The number of allylic oxidation sites excluding steroid dienone is 1. The molecule has 0 aliphatic rings. The van der Waals surface area contributed by atoms with Crippen LogP contribution in [0.1, 0.15) is 24.9 Å². The number of nitrogens with two attached hydrogens (primary N) is 1. The summed E-state index contributed by atoms with van der Waals surface area (Å²) in [4.78, 5) is 0. The Hall–Kier alpha value is -0.640. The van der Waals surface area contributed by atoms with Gasteiger partial charge in [-0.3, -0.25) is 0 Å². The fourth-order valence-corrected chi connectivity index (χ4v) is 1.99. The highest BCUT2D eigenvalue weighted by atomic mass is 79.9. The van der Waals surface area contributed by atoms with E-state index in [9.17, 15) is 0 Å². The van der Waals surface area contributed by atoms with Gasteiger partial charge in [-0.1, -0.05) is 40.2 Å². The Morgan fingerprint density at radius 2 is 2.31 bits per heavy atom. The van der Waals surface area contributed by atoms with Crippen molar-refractivity contribution in [3.05, 3.63) is 46.5 Å². The Morgan fingerprint density at radius 3 is 2.94 bits per heavy atom. The van der Waals surface area contributed by atoms with E-state index in [1.165, 1.54) is 5.56 Å². The Bertz CT molecular complexity index is 336. The van der Waals surface area contributed by atoms with Crippen LogP contribution >= 0.6 is 15.9 Å². The van der Waals surface area contributed by atoms with Crippen molar-refractivity contribution in [1.82, 2.24) is 5.32 Å². The topological polar surface area (TPSA) is 38.0 Å². The zero-order valence-electron chi connectivity index (χ0n) is 9.62. The molecule has 1 aromatic rings. The Labute approximate surface area is 106 Å². The summed E-state index contributed by atoms with van der Waals surface area (Å²) in [5.41, 5.74) is 7.01. The van der Waals surface area contributed by atoms with Gasteiger partial charge in [0.1, 0.15) is 0 Å². The van der Waals surface area contributed by atoms with E-state index in [1.807, 2.05) is 19.1 Å². The van der Waals surface area contributed by atoms with Gasteiger partial charge in [-0.2, -0.15) is 0 Å². The molecule has 16 heavy (non-hydrogen) atoms. The first kappa shape index (κ1) is 13.4. The molecule has 88 valence electrons. The van der Waals surface area contributed by atoms with Crippen molar-refractivity contribution < 1.29 is 0 Å². The van der Waals surface area contributed by atoms with Crippen LogP contribution in [0.3, 0.4) is 0 Å². The summed E-state index contributed by atoms with van der Waals surface area (Å²) in [7, 11) is 0. The minimum atomic E-state index is 0.239. The van der Waals surface area contributed by atoms with Crippen molar-refractivity contribution in [1.29, 1.82) is 0 Å². The van der Waals surface area contributed by atoms with Crippen molar-refractivity contribution in [3.63, 3.8) is 0 Å². The first-order chi connectivity index (χ1) is 7.77. The fourth-order valence-electron chi connectivity index (χ4n) is 1.57. The Kier molecular flexibility index (Phi) is 6.38. The molecule has 0 amide bonds. The van der Waals surface area contributed by atoms with E-state index in [-0.39, 0.29) is 6.04 Å². The lowest BCUT2D eigenvalue weighted by Crippen LogP contribution is -2.28. The van der Waals surface area contributed by atoms with E-state index in [2.05, 4.69) is 45.5 Å². The molecule has 1 rings (SSSR count). The zero-order chi connectivity index (χ0) is 11.8. The normalized spacial score (nSPS) is 13.2. The van der Waals surface area contributed by atoms with Crippen LogP contribution in [-0.2, 0) is 0 Å². The molecule has 0 radical (unpaired) electrons. The first-order valence-corrected chi connectivity index (χ1v) is 6.37. The van der Waals surface area contributed by atoms with E-state index < -0.39 is 0 Å². The highest BCUT2D eigenvalue weighted by molar-refractivity contribution is 9.10. The molecule has 0 saturated carbocycles. The first-order valence-electron chi connectivity index (χ1n) is 5.58. The highest BCUT2D eigenvalue weighted by Crippen LogP contribution is 2.17. The molecule has 2 nitrogen and oxygen atoms in total. The van der Waals surface area contributed by atoms with Gasteiger partial charge >= 0.3 is 0 Å². The monoisotopic (exact) mass is 282 g/mol. The molecule has 1 unspecified atom stereocenters. The van der Waals surface area contributed by atoms with Crippen LogP contribution in [0, 0.1) is 0 Å². The molecular weight excluding hydrogens is 264 g/mol. The van der Waals surface area contributed by atoms with Crippen molar-refractivity contribution in [3.8, 4) is 0 Å². The molecule has 1 aromatic carbocycles. The SMILES string of the molecule is C/C=C/CCNC(CN)c1cccc(Br)c1. The average Bonchev–Trinajstić information content (AvgIpc) is 2.29. The van der Waals surface area contributed by atoms with E-state index >= 15 is 0 Å². The second-order valence-electron chi connectivity index (χ2n) is 3.66. The summed E-state index contributed by atoms with van der Waals surface area (Å²) in [5.74, 6) is 0. The van der Waals surface area contributed by atoms with E-state index in [0.717, 1.165) is 17.4 Å². The smallest absolute Gasteiger partial charge is 0.0445 e. The molecule has 0 aliphatic heterocycles. The summed E-state index contributed by atoms with van der Waals surface area (Å²) in [6, 6.07) is 8.51. The lowest BCUT2D eigenvalue weighted by molar-refractivity contribution is 0.548. The molecule has 0 heterocycles.